The molecule has 6 nitrogen and oxygen atoms in total. The Morgan fingerprint density at radius 3 is 2.68 bits per heavy atom. The number of hydrogen-bond donors (Lipinski definition) is 1. The summed E-state index contributed by atoms with van der Waals surface area (Å²) in [6.07, 6.45) is 2.52. The molecule has 1 aromatic heterocycles. The summed E-state index contributed by atoms with van der Waals surface area (Å²) < 4.78 is 61.3. The second kappa shape index (κ2) is 8.34. The van der Waals surface area contributed by atoms with Gasteiger partial charge in [0.05, 0.1) is 29.3 Å². The Kier molecular flexibility index (Phi) is 6.26. The quantitative estimate of drug-likeness (QED) is 0.723. The second-order valence-electron chi connectivity index (χ2n) is 6.89. The van der Waals surface area contributed by atoms with Crippen LogP contribution >= 0.6 is 11.6 Å². The van der Waals surface area contributed by atoms with Crippen LogP contribution in [0.25, 0.3) is 5.69 Å². The molecule has 0 saturated heterocycles. The molecule has 3 rings (SSSR count). The number of hydrogen-bond acceptors (Lipinski definition) is 4. The van der Waals surface area contributed by atoms with Crippen molar-refractivity contribution in [1.29, 1.82) is 0 Å². The summed E-state index contributed by atoms with van der Waals surface area (Å²) in [5, 5.41) is 4.61. The largest absolute Gasteiger partial charge is 0.493 e. The van der Waals surface area contributed by atoms with Crippen LogP contribution in [-0.4, -0.2) is 42.5 Å². The van der Waals surface area contributed by atoms with Crippen molar-refractivity contribution in [2.45, 2.75) is 38.2 Å². The van der Waals surface area contributed by atoms with Gasteiger partial charge in [-0.05, 0) is 37.6 Å². The van der Waals surface area contributed by atoms with Crippen LogP contribution in [0.1, 0.15) is 26.2 Å². The summed E-state index contributed by atoms with van der Waals surface area (Å²) in [5.41, 5.74) is 0.775. The molecule has 1 aromatic carbocycles. The lowest BCUT2D eigenvalue weighted by Crippen LogP contribution is -2.48. The van der Waals surface area contributed by atoms with Crippen LogP contribution in [0.15, 0.2) is 36.7 Å². The number of nitrogens with one attached hydrogen (secondary N) is 1. The number of alkyl halides is 2. The highest BCUT2D eigenvalue weighted by molar-refractivity contribution is 7.89. The Hall–Kier alpha value is -1.71. The maximum absolute atomic E-state index is 13.9. The third-order valence-corrected chi connectivity index (χ3v) is 6.40. The minimum absolute atomic E-state index is 0.000560. The molecule has 0 amide bonds. The number of nitrogens with zero attached hydrogens (tertiary/aromatic N) is 2. The van der Waals surface area contributed by atoms with Gasteiger partial charge in [-0.2, -0.15) is 5.10 Å². The summed E-state index contributed by atoms with van der Waals surface area (Å²) >= 11 is 5.85. The molecule has 1 saturated carbocycles. The summed E-state index contributed by atoms with van der Waals surface area (Å²) in [5.74, 6) is -3.01. The van der Waals surface area contributed by atoms with Crippen molar-refractivity contribution in [3.63, 3.8) is 0 Å². The van der Waals surface area contributed by atoms with Crippen LogP contribution < -0.4 is 9.46 Å². The Morgan fingerprint density at radius 2 is 2.07 bits per heavy atom. The average Bonchev–Trinajstić information content (AvgIpc) is 3.08. The lowest BCUT2D eigenvalue weighted by molar-refractivity contribution is -0.0660. The highest BCUT2D eigenvalue weighted by Gasteiger charge is 2.42. The number of sulfonamides is 1. The molecule has 2 aromatic rings. The number of benzene rings is 1. The van der Waals surface area contributed by atoms with Crippen molar-refractivity contribution < 1.29 is 21.9 Å². The molecular formula is C18H22ClF2N3O3S. The maximum Gasteiger partial charge on any atom is 0.248 e. The van der Waals surface area contributed by atoms with Gasteiger partial charge in [0.1, 0.15) is 5.75 Å². The fourth-order valence-electron chi connectivity index (χ4n) is 3.21. The summed E-state index contributed by atoms with van der Waals surface area (Å²) in [7, 11) is -3.48. The molecule has 0 bridgehead atoms. The van der Waals surface area contributed by atoms with Gasteiger partial charge < -0.3 is 4.74 Å². The van der Waals surface area contributed by atoms with E-state index in [9.17, 15) is 17.2 Å². The first kappa shape index (κ1) is 21.0. The maximum atomic E-state index is 13.9. The number of halogens is 3. The minimum atomic E-state index is -3.48. The van der Waals surface area contributed by atoms with E-state index >= 15 is 0 Å². The Bertz CT molecular complexity index is 903. The molecule has 1 aliphatic carbocycles. The predicted octanol–water partition coefficient (Wildman–Crippen LogP) is 3.65. The zero-order valence-electron chi connectivity index (χ0n) is 15.3. The number of aromatic nitrogens is 2. The molecule has 0 radical (unpaired) electrons. The van der Waals surface area contributed by atoms with Crippen molar-refractivity contribution in [2.75, 3.05) is 12.4 Å². The van der Waals surface area contributed by atoms with Crippen molar-refractivity contribution in [1.82, 2.24) is 14.5 Å². The fourth-order valence-corrected chi connectivity index (χ4v) is 4.29. The molecule has 2 atom stereocenters. The highest BCUT2D eigenvalue weighted by Crippen LogP contribution is 2.37. The average molecular weight is 434 g/mol. The number of ether oxygens (including phenoxy) is 1. The normalized spacial score (nSPS) is 22.1. The second-order valence-corrected chi connectivity index (χ2v) is 9.37. The molecule has 28 heavy (non-hydrogen) atoms. The Morgan fingerprint density at radius 1 is 1.36 bits per heavy atom. The monoisotopic (exact) mass is 433 g/mol. The molecule has 154 valence electrons. The van der Waals surface area contributed by atoms with Crippen molar-refractivity contribution in [3.8, 4) is 11.4 Å². The van der Waals surface area contributed by atoms with Gasteiger partial charge in [0.2, 0.25) is 15.9 Å². The van der Waals surface area contributed by atoms with Crippen molar-refractivity contribution in [3.05, 3.63) is 41.7 Å². The van der Waals surface area contributed by atoms with E-state index in [2.05, 4.69) is 9.82 Å². The lowest BCUT2D eigenvalue weighted by atomic mass is 9.83. The summed E-state index contributed by atoms with van der Waals surface area (Å²) in [6.45, 7) is 1.51. The summed E-state index contributed by atoms with van der Waals surface area (Å²) in [6, 6.07) is 6.39. The molecule has 1 aliphatic rings. The molecule has 10 heteroatoms. The smallest absolute Gasteiger partial charge is 0.248 e. The van der Waals surface area contributed by atoms with Crippen LogP contribution in [0.4, 0.5) is 8.78 Å². The van der Waals surface area contributed by atoms with Crippen molar-refractivity contribution in [2.24, 2.45) is 5.92 Å². The molecule has 0 unspecified atom stereocenters. The van der Waals surface area contributed by atoms with E-state index in [-0.39, 0.29) is 25.2 Å². The molecule has 1 heterocycles. The van der Waals surface area contributed by atoms with Gasteiger partial charge in [-0.1, -0.05) is 11.6 Å². The topological polar surface area (TPSA) is 73.2 Å². The standard InChI is InChI=1S/C18H22ClF2N3O3S/c1-2-28(25,26)23-17-7-8-18(20,21)9-13(17)12-27-16-5-3-15(4-6-16)24-11-14(19)10-22-24/h3-6,10-11,13,17,23H,2,7-9,12H2,1H3/t13-,17-/m0/s1. The van der Waals surface area contributed by atoms with Crippen LogP contribution in [0.3, 0.4) is 0 Å². The number of rotatable bonds is 7. The van der Waals surface area contributed by atoms with Crippen molar-refractivity contribution >= 4 is 21.6 Å². The zero-order valence-corrected chi connectivity index (χ0v) is 16.9. The van der Waals surface area contributed by atoms with Crippen LogP contribution in [0.2, 0.25) is 5.02 Å². The van der Waals surface area contributed by atoms with Gasteiger partial charge in [0.25, 0.3) is 0 Å². The highest BCUT2D eigenvalue weighted by atomic mass is 35.5. The van der Waals surface area contributed by atoms with Gasteiger partial charge in [-0.25, -0.2) is 26.6 Å². The van der Waals surface area contributed by atoms with Crippen LogP contribution in [0, 0.1) is 5.92 Å². The van der Waals surface area contributed by atoms with Gasteiger partial charge in [-0.15, -0.1) is 0 Å². The van der Waals surface area contributed by atoms with E-state index in [4.69, 9.17) is 16.3 Å². The van der Waals surface area contributed by atoms with Gasteiger partial charge in [-0.3, -0.25) is 0 Å². The zero-order chi connectivity index (χ0) is 20.4. The first-order chi connectivity index (χ1) is 13.2. The predicted molar refractivity (Wildman–Crippen MR) is 103 cm³/mol. The molecular weight excluding hydrogens is 412 g/mol. The van der Waals surface area contributed by atoms with Gasteiger partial charge >= 0.3 is 0 Å². The Labute approximate surface area is 167 Å². The first-order valence-electron chi connectivity index (χ1n) is 8.99. The third-order valence-electron chi connectivity index (χ3n) is 4.78. The van der Waals surface area contributed by atoms with E-state index in [0.717, 1.165) is 5.69 Å². The van der Waals surface area contributed by atoms with E-state index in [0.29, 0.717) is 10.8 Å². The van der Waals surface area contributed by atoms with E-state index in [1.54, 1.807) is 35.1 Å². The van der Waals surface area contributed by atoms with Crippen LogP contribution in [0.5, 0.6) is 5.75 Å². The lowest BCUT2D eigenvalue weighted by Gasteiger charge is -2.36. The van der Waals surface area contributed by atoms with Gasteiger partial charge in [0.15, 0.2) is 0 Å². The SMILES string of the molecule is CCS(=O)(=O)N[C@H]1CCC(F)(F)C[C@H]1COc1ccc(-n2cc(Cl)cn2)cc1. The van der Waals surface area contributed by atoms with Gasteiger partial charge in [0, 0.05) is 31.0 Å². The first-order valence-corrected chi connectivity index (χ1v) is 11.0. The minimum Gasteiger partial charge on any atom is -0.493 e. The molecule has 0 aliphatic heterocycles. The molecule has 0 spiro atoms. The summed E-state index contributed by atoms with van der Waals surface area (Å²) in [4.78, 5) is 0. The van der Waals surface area contributed by atoms with E-state index < -0.39 is 34.3 Å². The molecule has 1 N–H and O–H groups in total. The van der Waals surface area contributed by atoms with Crippen LogP contribution in [-0.2, 0) is 10.0 Å². The van der Waals surface area contributed by atoms with E-state index in [1.807, 2.05) is 0 Å². The Balaban J connectivity index is 1.66. The fraction of sp³-hybridized carbons (Fsp3) is 0.500. The van der Waals surface area contributed by atoms with E-state index in [1.165, 1.54) is 13.1 Å². The third kappa shape index (κ3) is 5.42. The molecule has 1 fully saturated rings.